The van der Waals surface area contributed by atoms with E-state index in [1.807, 2.05) is 0 Å². The van der Waals surface area contributed by atoms with E-state index in [1.54, 1.807) is 49.4 Å². The van der Waals surface area contributed by atoms with Gasteiger partial charge >= 0.3 is 0 Å². The lowest BCUT2D eigenvalue weighted by atomic mass is 10.0. The standard InChI is InChI=1S/C22H25N7O3/c1-12(30)15-6-16(8-17(23)7-15)18-10-28-21(26)22(32)29(18)11-19(31)27-9-13-2-4-14(5-3-13)20(24)25/h2-8,10,12,30H,9,11,23H2,1H3,(H3,24,25)(H2,26,28)(H,27,31). The Kier molecular flexibility index (Phi) is 6.55. The number of anilines is 2. The molecule has 3 aromatic rings. The van der Waals surface area contributed by atoms with E-state index in [0.717, 1.165) is 5.56 Å². The number of nitrogen functional groups attached to an aromatic ring is 3. The Balaban J connectivity index is 1.85. The summed E-state index contributed by atoms with van der Waals surface area (Å²) in [6, 6.07) is 11.8. The minimum absolute atomic E-state index is 0.0388. The van der Waals surface area contributed by atoms with E-state index in [1.165, 1.54) is 10.8 Å². The molecule has 0 bridgehead atoms. The Bertz CT molecular complexity index is 1220. The molecule has 10 nitrogen and oxygen atoms in total. The number of rotatable bonds is 7. The molecule has 10 heteroatoms. The molecule has 3 rings (SSSR count). The lowest BCUT2D eigenvalue weighted by Gasteiger charge is -2.15. The summed E-state index contributed by atoms with van der Waals surface area (Å²) in [7, 11) is 0. The quantitative estimate of drug-likeness (QED) is 0.179. The third kappa shape index (κ3) is 5.10. The highest BCUT2D eigenvalue weighted by Gasteiger charge is 2.15. The Labute approximate surface area is 184 Å². The van der Waals surface area contributed by atoms with Gasteiger partial charge < -0.3 is 27.6 Å². The van der Waals surface area contributed by atoms with Gasteiger partial charge in [-0.3, -0.25) is 19.6 Å². The van der Waals surface area contributed by atoms with Crippen molar-refractivity contribution < 1.29 is 9.90 Å². The van der Waals surface area contributed by atoms with Gasteiger partial charge in [-0.2, -0.15) is 0 Å². The maximum Gasteiger partial charge on any atom is 0.294 e. The second-order valence-corrected chi connectivity index (χ2v) is 7.37. The molecule has 0 saturated heterocycles. The number of hydrogen-bond acceptors (Lipinski definition) is 7. The number of nitrogens with zero attached hydrogens (tertiary/aromatic N) is 2. The molecular weight excluding hydrogens is 410 g/mol. The summed E-state index contributed by atoms with van der Waals surface area (Å²) in [6.45, 7) is 1.54. The summed E-state index contributed by atoms with van der Waals surface area (Å²) < 4.78 is 1.22. The van der Waals surface area contributed by atoms with Crippen LogP contribution in [0, 0.1) is 5.41 Å². The number of nitrogens with two attached hydrogens (primary N) is 3. The fraction of sp³-hybridized carbons (Fsp3) is 0.182. The van der Waals surface area contributed by atoms with Crippen molar-refractivity contribution >= 4 is 23.2 Å². The Morgan fingerprint density at radius 2 is 1.91 bits per heavy atom. The van der Waals surface area contributed by atoms with Gasteiger partial charge in [0.25, 0.3) is 5.56 Å². The largest absolute Gasteiger partial charge is 0.399 e. The normalized spacial score (nSPS) is 11.7. The predicted molar refractivity (Wildman–Crippen MR) is 123 cm³/mol. The second kappa shape index (κ2) is 9.31. The molecule has 0 spiro atoms. The van der Waals surface area contributed by atoms with Crippen LogP contribution in [0.15, 0.2) is 53.5 Å². The van der Waals surface area contributed by atoms with E-state index in [2.05, 4.69) is 10.3 Å². The molecule has 2 aromatic carbocycles. The van der Waals surface area contributed by atoms with E-state index in [4.69, 9.17) is 22.6 Å². The molecule has 1 heterocycles. The number of carbonyl (C=O) groups is 1. The van der Waals surface area contributed by atoms with Gasteiger partial charge in [-0.15, -0.1) is 0 Å². The second-order valence-electron chi connectivity index (χ2n) is 7.37. The van der Waals surface area contributed by atoms with Crippen LogP contribution in [-0.4, -0.2) is 26.4 Å². The summed E-state index contributed by atoms with van der Waals surface area (Å²) in [4.78, 5) is 29.2. The van der Waals surface area contributed by atoms with Crippen LogP contribution < -0.4 is 28.1 Å². The van der Waals surface area contributed by atoms with Gasteiger partial charge in [0.2, 0.25) is 5.91 Å². The van der Waals surface area contributed by atoms with Crippen molar-refractivity contribution in [2.24, 2.45) is 5.73 Å². The van der Waals surface area contributed by atoms with E-state index in [9.17, 15) is 14.7 Å². The molecule has 1 aromatic heterocycles. The molecule has 32 heavy (non-hydrogen) atoms. The average molecular weight is 435 g/mol. The number of hydrogen-bond donors (Lipinski definition) is 6. The van der Waals surface area contributed by atoms with Gasteiger partial charge in [-0.05, 0) is 36.2 Å². The third-order valence-corrected chi connectivity index (χ3v) is 4.89. The first kappa shape index (κ1) is 22.5. The van der Waals surface area contributed by atoms with Crippen LogP contribution in [0.2, 0.25) is 0 Å². The first-order valence-corrected chi connectivity index (χ1v) is 9.80. The van der Waals surface area contributed by atoms with Crippen LogP contribution in [0.3, 0.4) is 0 Å². The molecule has 9 N–H and O–H groups in total. The molecule has 1 amide bonds. The summed E-state index contributed by atoms with van der Waals surface area (Å²) >= 11 is 0. The van der Waals surface area contributed by atoms with E-state index in [-0.39, 0.29) is 24.7 Å². The number of benzene rings is 2. The highest BCUT2D eigenvalue weighted by molar-refractivity contribution is 5.94. The zero-order valence-electron chi connectivity index (χ0n) is 17.5. The molecule has 0 aliphatic rings. The summed E-state index contributed by atoms with van der Waals surface area (Å²) in [5.74, 6) is -0.682. The predicted octanol–water partition coefficient (Wildman–Crippen LogP) is 0.728. The van der Waals surface area contributed by atoms with Gasteiger partial charge in [0.15, 0.2) is 5.82 Å². The minimum Gasteiger partial charge on any atom is -0.399 e. The Morgan fingerprint density at radius 3 is 2.53 bits per heavy atom. The van der Waals surface area contributed by atoms with Crippen LogP contribution in [-0.2, 0) is 17.9 Å². The summed E-state index contributed by atoms with van der Waals surface area (Å²) in [6.07, 6.45) is 0.627. The third-order valence-electron chi connectivity index (χ3n) is 4.89. The van der Waals surface area contributed by atoms with Crippen molar-refractivity contribution in [2.75, 3.05) is 11.5 Å². The number of aliphatic hydroxyl groups excluding tert-OH is 1. The monoisotopic (exact) mass is 435 g/mol. The van der Waals surface area contributed by atoms with E-state index < -0.39 is 17.6 Å². The molecular formula is C22H25N7O3. The fourth-order valence-electron chi connectivity index (χ4n) is 3.16. The maximum absolute atomic E-state index is 12.7. The molecule has 0 aliphatic heterocycles. The van der Waals surface area contributed by atoms with Gasteiger partial charge in [-0.1, -0.05) is 24.3 Å². The minimum atomic E-state index is -0.767. The van der Waals surface area contributed by atoms with Crippen LogP contribution in [0.1, 0.15) is 29.7 Å². The van der Waals surface area contributed by atoms with Crippen molar-refractivity contribution in [2.45, 2.75) is 26.1 Å². The average Bonchev–Trinajstić information content (AvgIpc) is 2.75. The number of carbonyl (C=O) groups excluding carboxylic acids is 1. The molecule has 1 atom stereocenters. The fourth-order valence-corrected chi connectivity index (χ4v) is 3.16. The number of amidine groups is 1. The van der Waals surface area contributed by atoms with E-state index >= 15 is 0 Å². The van der Waals surface area contributed by atoms with Crippen molar-refractivity contribution in [1.82, 2.24) is 14.9 Å². The first-order valence-electron chi connectivity index (χ1n) is 9.80. The van der Waals surface area contributed by atoms with Gasteiger partial charge in [-0.25, -0.2) is 4.98 Å². The van der Waals surface area contributed by atoms with Crippen molar-refractivity contribution in [3.05, 3.63) is 75.7 Å². The summed E-state index contributed by atoms with van der Waals surface area (Å²) in [5.41, 5.74) is 19.7. The molecule has 0 aliphatic carbocycles. The lowest BCUT2D eigenvalue weighted by Crippen LogP contribution is -2.34. The zero-order chi connectivity index (χ0) is 23.4. The van der Waals surface area contributed by atoms with Crippen LogP contribution in [0.4, 0.5) is 11.5 Å². The highest BCUT2D eigenvalue weighted by Crippen LogP contribution is 2.26. The van der Waals surface area contributed by atoms with Gasteiger partial charge in [0.1, 0.15) is 12.4 Å². The van der Waals surface area contributed by atoms with E-state index in [0.29, 0.717) is 28.1 Å². The topological polar surface area (TPSA) is 186 Å². The van der Waals surface area contributed by atoms with Gasteiger partial charge in [0, 0.05) is 23.4 Å². The molecule has 0 radical (unpaired) electrons. The SMILES string of the molecule is CC(O)c1cc(N)cc(-c2cnc(N)c(=O)n2CC(=O)NCc2ccc(C(=N)N)cc2)c1. The lowest BCUT2D eigenvalue weighted by molar-refractivity contribution is -0.121. The molecule has 166 valence electrons. The number of nitrogens with one attached hydrogen (secondary N) is 2. The van der Waals surface area contributed by atoms with Crippen LogP contribution >= 0.6 is 0 Å². The van der Waals surface area contributed by atoms with Gasteiger partial charge in [0.05, 0.1) is 18.0 Å². The van der Waals surface area contributed by atoms with Crippen molar-refractivity contribution in [3.8, 4) is 11.3 Å². The number of aromatic nitrogens is 2. The van der Waals surface area contributed by atoms with Crippen LogP contribution in [0.5, 0.6) is 0 Å². The van der Waals surface area contributed by atoms with Crippen LogP contribution in [0.25, 0.3) is 11.3 Å². The Morgan fingerprint density at radius 1 is 1.22 bits per heavy atom. The van der Waals surface area contributed by atoms with Crippen molar-refractivity contribution in [1.29, 1.82) is 5.41 Å². The number of amides is 1. The summed E-state index contributed by atoms with van der Waals surface area (Å²) in [5, 5.41) is 20.1. The zero-order valence-corrected chi connectivity index (χ0v) is 17.5. The highest BCUT2D eigenvalue weighted by atomic mass is 16.3. The Hall–Kier alpha value is -4.18. The molecule has 0 saturated carbocycles. The molecule has 1 unspecified atom stereocenters. The first-order chi connectivity index (χ1) is 15.2. The smallest absolute Gasteiger partial charge is 0.294 e. The maximum atomic E-state index is 12.7. The van der Waals surface area contributed by atoms with Crippen molar-refractivity contribution in [3.63, 3.8) is 0 Å². The number of aliphatic hydroxyl groups is 1. The molecule has 0 fully saturated rings.